The minimum absolute atomic E-state index is 0.0932. The highest BCUT2D eigenvalue weighted by molar-refractivity contribution is 6.30. The number of hydrogen-bond donors (Lipinski definition) is 0. The van der Waals surface area contributed by atoms with Gasteiger partial charge in [0.05, 0.1) is 12.1 Å². The molecule has 1 aromatic heterocycles. The van der Waals surface area contributed by atoms with Crippen LogP contribution in [0.4, 0.5) is 0 Å². The van der Waals surface area contributed by atoms with Crippen molar-refractivity contribution < 1.29 is 4.74 Å². The van der Waals surface area contributed by atoms with E-state index in [2.05, 4.69) is 20.1 Å². The van der Waals surface area contributed by atoms with Crippen LogP contribution in [0.15, 0.2) is 53.3 Å². The quantitative estimate of drug-likeness (QED) is 0.632. The molecule has 0 unspecified atom stereocenters. The summed E-state index contributed by atoms with van der Waals surface area (Å²) in [5.41, 5.74) is 0.540. The molecule has 0 radical (unpaired) electrons. The molecule has 8 heteroatoms. The third-order valence-electron chi connectivity index (χ3n) is 4.92. The Kier molecular flexibility index (Phi) is 5.85. The number of hydrogen-bond acceptors (Lipinski definition) is 6. The summed E-state index contributed by atoms with van der Waals surface area (Å²) in [5, 5.41) is 9.54. The van der Waals surface area contributed by atoms with Crippen LogP contribution in [-0.2, 0) is 6.67 Å². The molecule has 1 aliphatic rings. The Morgan fingerprint density at radius 2 is 1.68 bits per heavy atom. The first-order valence-corrected chi connectivity index (χ1v) is 9.72. The summed E-state index contributed by atoms with van der Waals surface area (Å²) < 4.78 is 7.21. The average molecular weight is 400 g/mol. The summed E-state index contributed by atoms with van der Waals surface area (Å²) in [7, 11) is 0. The van der Waals surface area contributed by atoms with Gasteiger partial charge in [0.1, 0.15) is 17.9 Å². The molecule has 7 nitrogen and oxygen atoms in total. The lowest BCUT2D eigenvalue weighted by atomic mass is 10.2. The van der Waals surface area contributed by atoms with Crippen LogP contribution < -0.4 is 10.3 Å². The molecule has 1 saturated heterocycles. The monoisotopic (exact) mass is 399 g/mol. The molecular weight excluding hydrogens is 378 g/mol. The van der Waals surface area contributed by atoms with E-state index in [9.17, 15) is 4.79 Å². The van der Waals surface area contributed by atoms with Gasteiger partial charge in [-0.25, -0.2) is 0 Å². The molecule has 4 rings (SSSR count). The molecule has 0 aliphatic carbocycles. The van der Waals surface area contributed by atoms with Gasteiger partial charge in [0.25, 0.3) is 5.56 Å². The lowest BCUT2D eigenvalue weighted by molar-refractivity contribution is 0.0903. The molecule has 146 valence electrons. The summed E-state index contributed by atoms with van der Waals surface area (Å²) in [4.78, 5) is 17.1. The van der Waals surface area contributed by atoms with Crippen molar-refractivity contribution in [2.75, 3.05) is 39.3 Å². The zero-order valence-electron chi connectivity index (χ0n) is 15.5. The highest BCUT2D eigenvalue weighted by Gasteiger charge is 2.18. The van der Waals surface area contributed by atoms with Gasteiger partial charge in [0.15, 0.2) is 0 Å². The van der Waals surface area contributed by atoms with Gasteiger partial charge in [-0.15, -0.1) is 5.10 Å². The zero-order valence-corrected chi connectivity index (χ0v) is 16.3. The van der Waals surface area contributed by atoms with Crippen molar-refractivity contribution in [2.45, 2.75) is 6.67 Å². The van der Waals surface area contributed by atoms with Crippen LogP contribution in [0.25, 0.3) is 10.9 Å². The number of rotatable bonds is 6. The van der Waals surface area contributed by atoms with E-state index in [1.165, 1.54) is 4.68 Å². The minimum atomic E-state index is -0.0932. The van der Waals surface area contributed by atoms with Crippen LogP contribution in [0.2, 0.25) is 5.02 Å². The molecule has 28 heavy (non-hydrogen) atoms. The van der Waals surface area contributed by atoms with E-state index in [1.807, 2.05) is 36.4 Å². The molecule has 1 fully saturated rings. The van der Waals surface area contributed by atoms with Crippen molar-refractivity contribution in [3.8, 4) is 5.75 Å². The van der Waals surface area contributed by atoms with Crippen LogP contribution in [0.3, 0.4) is 0 Å². The predicted molar refractivity (Wildman–Crippen MR) is 109 cm³/mol. The molecule has 0 spiro atoms. The number of fused-ring (bicyclic) bond motifs is 1. The second-order valence-corrected chi connectivity index (χ2v) is 7.25. The van der Waals surface area contributed by atoms with E-state index >= 15 is 0 Å². The number of nitrogens with zero attached hydrogens (tertiary/aromatic N) is 5. The van der Waals surface area contributed by atoms with Crippen molar-refractivity contribution in [3.63, 3.8) is 0 Å². The van der Waals surface area contributed by atoms with Gasteiger partial charge < -0.3 is 4.74 Å². The molecular formula is C20H22ClN5O2. The van der Waals surface area contributed by atoms with Gasteiger partial charge in [0, 0.05) is 37.7 Å². The van der Waals surface area contributed by atoms with E-state index in [0.717, 1.165) is 38.5 Å². The minimum Gasteiger partial charge on any atom is -0.492 e. The molecule has 0 N–H and O–H groups in total. The van der Waals surface area contributed by atoms with Gasteiger partial charge in [-0.3, -0.25) is 14.6 Å². The van der Waals surface area contributed by atoms with E-state index in [4.69, 9.17) is 16.3 Å². The summed E-state index contributed by atoms with van der Waals surface area (Å²) in [6, 6.07) is 14.7. The van der Waals surface area contributed by atoms with Gasteiger partial charge >= 0.3 is 0 Å². The van der Waals surface area contributed by atoms with Crippen molar-refractivity contribution in [1.29, 1.82) is 0 Å². The Hall–Kier alpha value is -2.48. The molecule has 0 bridgehead atoms. The number of benzene rings is 2. The van der Waals surface area contributed by atoms with E-state index in [1.54, 1.807) is 12.1 Å². The van der Waals surface area contributed by atoms with Crippen LogP contribution in [0, 0.1) is 0 Å². The predicted octanol–water partition coefficient (Wildman–Crippen LogP) is 2.10. The molecule has 2 aromatic carbocycles. The SMILES string of the molecule is O=c1c2ccccc2nnn1CN1CCN(CCOc2ccc(Cl)cc2)CC1. The van der Waals surface area contributed by atoms with Crippen LogP contribution in [0.5, 0.6) is 5.75 Å². The average Bonchev–Trinajstić information content (AvgIpc) is 2.73. The zero-order chi connectivity index (χ0) is 19.3. The largest absolute Gasteiger partial charge is 0.492 e. The number of ether oxygens (including phenoxy) is 1. The van der Waals surface area contributed by atoms with Crippen LogP contribution in [0.1, 0.15) is 0 Å². The Bertz CT molecular complexity index is 984. The second-order valence-electron chi connectivity index (χ2n) is 6.81. The normalized spacial score (nSPS) is 15.8. The fourth-order valence-corrected chi connectivity index (χ4v) is 3.41. The Morgan fingerprint density at radius 3 is 2.46 bits per heavy atom. The fourth-order valence-electron chi connectivity index (χ4n) is 3.28. The Morgan fingerprint density at radius 1 is 0.964 bits per heavy atom. The molecule has 0 atom stereocenters. The standard InChI is InChI=1S/C20H22ClN5O2/c21-16-5-7-17(8-6-16)28-14-13-24-9-11-25(12-10-24)15-26-20(27)18-3-1-2-4-19(18)22-23-26/h1-8H,9-15H2. The fraction of sp³-hybridized carbons (Fsp3) is 0.350. The van der Waals surface area contributed by atoms with Crippen molar-refractivity contribution in [2.24, 2.45) is 0 Å². The lowest BCUT2D eigenvalue weighted by Gasteiger charge is -2.34. The van der Waals surface area contributed by atoms with Crippen LogP contribution in [-0.4, -0.2) is 64.1 Å². The van der Waals surface area contributed by atoms with E-state index < -0.39 is 0 Å². The van der Waals surface area contributed by atoms with E-state index in [-0.39, 0.29) is 5.56 Å². The van der Waals surface area contributed by atoms with Crippen molar-refractivity contribution >= 4 is 22.5 Å². The summed E-state index contributed by atoms with van der Waals surface area (Å²) >= 11 is 5.88. The number of aromatic nitrogens is 3. The summed E-state index contributed by atoms with van der Waals surface area (Å²) in [5.74, 6) is 0.831. The first kappa shape index (κ1) is 18.9. The first-order chi connectivity index (χ1) is 13.7. The molecule has 0 amide bonds. The smallest absolute Gasteiger partial charge is 0.278 e. The maximum atomic E-state index is 12.6. The molecule has 1 aliphatic heterocycles. The molecule has 2 heterocycles. The Labute approximate surface area is 168 Å². The maximum absolute atomic E-state index is 12.6. The third kappa shape index (κ3) is 4.49. The number of halogens is 1. The molecule has 3 aromatic rings. The van der Waals surface area contributed by atoms with Gasteiger partial charge in [-0.05, 0) is 36.4 Å². The summed E-state index contributed by atoms with van der Waals surface area (Å²) in [6.07, 6.45) is 0. The summed E-state index contributed by atoms with van der Waals surface area (Å²) in [6.45, 7) is 5.58. The number of piperazine rings is 1. The topological polar surface area (TPSA) is 63.5 Å². The van der Waals surface area contributed by atoms with Gasteiger partial charge in [0.2, 0.25) is 0 Å². The first-order valence-electron chi connectivity index (χ1n) is 9.35. The third-order valence-corrected chi connectivity index (χ3v) is 5.17. The Balaban J connectivity index is 1.26. The van der Waals surface area contributed by atoms with Crippen LogP contribution >= 0.6 is 11.6 Å². The van der Waals surface area contributed by atoms with Crippen molar-refractivity contribution in [3.05, 3.63) is 63.9 Å². The lowest BCUT2D eigenvalue weighted by Crippen LogP contribution is -2.49. The highest BCUT2D eigenvalue weighted by atomic mass is 35.5. The van der Waals surface area contributed by atoms with Crippen molar-refractivity contribution in [1.82, 2.24) is 24.8 Å². The maximum Gasteiger partial charge on any atom is 0.278 e. The molecule has 0 saturated carbocycles. The highest BCUT2D eigenvalue weighted by Crippen LogP contribution is 2.15. The van der Waals surface area contributed by atoms with Gasteiger partial charge in [-0.1, -0.05) is 28.9 Å². The van der Waals surface area contributed by atoms with Gasteiger partial charge in [-0.2, -0.15) is 4.68 Å². The van der Waals surface area contributed by atoms with E-state index in [0.29, 0.717) is 29.2 Å². The second kappa shape index (κ2) is 8.68.